The predicted molar refractivity (Wildman–Crippen MR) is 62.0 cm³/mol. The first-order valence-corrected chi connectivity index (χ1v) is 5.72. The SMILES string of the molecule is NCc1ccnc(NCC2CCOCC2)n1. The molecule has 16 heavy (non-hydrogen) atoms. The minimum Gasteiger partial charge on any atom is -0.381 e. The zero-order chi connectivity index (χ0) is 11.2. The summed E-state index contributed by atoms with van der Waals surface area (Å²) in [6, 6.07) is 1.83. The topological polar surface area (TPSA) is 73.1 Å². The summed E-state index contributed by atoms with van der Waals surface area (Å²) < 4.78 is 5.31. The van der Waals surface area contributed by atoms with E-state index in [1.54, 1.807) is 6.20 Å². The summed E-state index contributed by atoms with van der Waals surface area (Å²) in [6.45, 7) is 3.11. The van der Waals surface area contributed by atoms with Gasteiger partial charge in [-0.05, 0) is 24.8 Å². The molecule has 0 aliphatic carbocycles. The maximum Gasteiger partial charge on any atom is 0.222 e. The van der Waals surface area contributed by atoms with Crippen LogP contribution in [0.3, 0.4) is 0 Å². The molecule has 1 aliphatic heterocycles. The number of hydrogen-bond acceptors (Lipinski definition) is 5. The Kier molecular flexibility index (Phi) is 4.07. The van der Waals surface area contributed by atoms with Crippen molar-refractivity contribution in [2.24, 2.45) is 11.7 Å². The van der Waals surface area contributed by atoms with Crippen LogP contribution in [0.15, 0.2) is 12.3 Å². The molecule has 1 fully saturated rings. The third-order valence-electron chi connectivity index (χ3n) is 2.81. The quantitative estimate of drug-likeness (QED) is 0.787. The first-order valence-electron chi connectivity index (χ1n) is 5.72. The molecule has 0 bridgehead atoms. The molecule has 5 nitrogen and oxygen atoms in total. The molecule has 0 spiro atoms. The molecule has 5 heteroatoms. The highest BCUT2D eigenvalue weighted by molar-refractivity contribution is 5.25. The van der Waals surface area contributed by atoms with Crippen LogP contribution < -0.4 is 11.1 Å². The van der Waals surface area contributed by atoms with Crippen molar-refractivity contribution in [1.82, 2.24) is 9.97 Å². The van der Waals surface area contributed by atoms with E-state index >= 15 is 0 Å². The van der Waals surface area contributed by atoms with Crippen LogP contribution in [0.2, 0.25) is 0 Å². The molecule has 0 aromatic carbocycles. The molecule has 88 valence electrons. The maximum atomic E-state index is 5.52. The average Bonchev–Trinajstić information content (AvgIpc) is 2.38. The summed E-state index contributed by atoms with van der Waals surface area (Å²) in [5.41, 5.74) is 6.39. The van der Waals surface area contributed by atoms with Gasteiger partial charge in [0.05, 0.1) is 5.69 Å². The average molecular weight is 222 g/mol. The highest BCUT2D eigenvalue weighted by Crippen LogP contribution is 2.14. The van der Waals surface area contributed by atoms with E-state index in [4.69, 9.17) is 10.5 Å². The summed E-state index contributed by atoms with van der Waals surface area (Å²) in [4.78, 5) is 8.46. The Morgan fingerprint density at radius 2 is 2.25 bits per heavy atom. The molecule has 3 N–H and O–H groups in total. The number of hydrogen-bond donors (Lipinski definition) is 2. The van der Waals surface area contributed by atoms with Crippen LogP contribution in [-0.4, -0.2) is 29.7 Å². The maximum absolute atomic E-state index is 5.52. The molecule has 2 heterocycles. The fraction of sp³-hybridized carbons (Fsp3) is 0.636. The molecule has 2 rings (SSSR count). The highest BCUT2D eigenvalue weighted by Gasteiger charge is 2.13. The predicted octanol–water partition coefficient (Wildman–Crippen LogP) is 0.774. The molecule has 0 amide bonds. The lowest BCUT2D eigenvalue weighted by molar-refractivity contribution is 0.0699. The van der Waals surface area contributed by atoms with Gasteiger partial charge in [0.2, 0.25) is 5.95 Å². The second-order valence-corrected chi connectivity index (χ2v) is 4.01. The zero-order valence-electron chi connectivity index (χ0n) is 9.35. The first kappa shape index (κ1) is 11.3. The Morgan fingerprint density at radius 3 is 3.00 bits per heavy atom. The number of ether oxygens (including phenoxy) is 1. The smallest absolute Gasteiger partial charge is 0.222 e. The van der Waals surface area contributed by atoms with E-state index < -0.39 is 0 Å². The molecule has 1 aliphatic rings. The van der Waals surface area contributed by atoms with E-state index in [1.165, 1.54) is 0 Å². The zero-order valence-corrected chi connectivity index (χ0v) is 9.35. The molecular formula is C11H18N4O. The van der Waals surface area contributed by atoms with Crippen molar-refractivity contribution in [3.05, 3.63) is 18.0 Å². The fourth-order valence-corrected chi connectivity index (χ4v) is 1.78. The molecule has 0 atom stereocenters. The van der Waals surface area contributed by atoms with Crippen molar-refractivity contribution in [3.8, 4) is 0 Å². The van der Waals surface area contributed by atoms with Gasteiger partial charge in [0.25, 0.3) is 0 Å². The fourth-order valence-electron chi connectivity index (χ4n) is 1.78. The minimum absolute atomic E-state index is 0.453. The monoisotopic (exact) mass is 222 g/mol. The number of nitrogens with two attached hydrogens (primary N) is 1. The van der Waals surface area contributed by atoms with Crippen molar-refractivity contribution in [2.75, 3.05) is 25.1 Å². The summed E-state index contributed by atoms with van der Waals surface area (Å²) in [5, 5.41) is 3.26. The van der Waals surface area contributed by atoms with Crippen molar-refractivity contribution in [1.29, 1.82) is 0 Å². The number of anilines is 1. The molecule has 0 radical (unpaired) electrons. The summed E-state index contributed by atoms with van der Waals surface area (Å²) in [5.74, 6) is 1.34. The summed E-state index contributed by atoms with van der Waals surface area (Å²) in [6.07, 6.45) is 3.97. The van der Waals surface area contributed by atoms with E-state index in [2.05, 4.69) is 15.3 Å². The number of nitrogens with one attached hydrogen (secondary N) is 1. The van der Waals surface area contributed by atoms with Crippen LogP contribution in [0.5, 0.6) is 0 Å². The van der Waals surface area contributed by atoms with Crippen LogP contribution >= 0.6 is 0 Å². The molecular weight excluding hydrogens is 204 g/mol. The van der Waals surface area contributed by atoms with Crippen molar-refractivity contribution in [3.63, 3.8) is 0 Å². The van der Waals surface area contributed by atoms with Crippen molar-refractivity contribution < 1.29 is 4.74 Å². The molecule has 0 saturated carbocycles. The normalized spacial score (nSPS) is 17.3. The minimum atomic E-state index is 0.453. The van der Waals surface area contributed by atoms with Crippen LogP contribution in [0.25, 0.3) is 0 Å². The largest absolute Gasteiger partial charge is 0.381 e. The van der Waals surface area contributed by atoms with E-state index in [-0.39, 0.29) is 0 Å². The summed E-state index contributed by atoms with van der Waals surface area (Å²) >= 11 is 0. The standard InChI is InChI=1S/C11H18N4O/c12-7-10-1-4-13-11(15-10)14-8-9-2-5-16-6-3-9/h1,4,9H,2-3,5-8,12H2,(H,13,14,15). The van der Waals surface area contributed by atoms with Gasteiger partial charge in [-0.2, -0.15) is 0 Å². The van der Waals surface area contributed by atoms with Crippen LogP contribution in [0, 0.1) is 5.92 Å². The van der Waals surface area contributed by atoms with E-state index in [9.17, 15) is 0 Å². The van der Waals surface area contributed by atoms with Gasteiger partial charge in [-0.3, -0.25) is 0 Å². The van der Waals surface area contributed by atoms with Gasteiger partial charge < -0.3 is 15.8 Å². The van der Waals surface area contributed by atoms with Gasteiger partial charge >= 0.3 is 0 Å². The van der Waals surface area contributed by atoms with Gasteiger partial charge in [-0.1, -0.05) is 0 Å². The lowest BCUT2D eigenvalue weighted by atomic mass is 10.0. The number of rotatable bonds is 4. The first-order chi connectivity index (χ1) is 7.88. The van der Waals surface area contributed by atoms with Crippen LogP contribution in [0.4, 0.5) is 5.95 Å². The van der Waals surface area contributed by atoms with Gasteiger partial charge in [0.15, 0.2) is 0 Å². The van der Waals surface area contributed by atoms with Gasteiger partial charge in [-0.25, -0.2) is 9.97 Å². The lowest BCUT2D eigenvalue weighted by Gasteiger charge is -2.22. The summed E-state index contributed by atoms with van der Waals surface area (Å²) in [7, 11) is 0. The second-order valence-electron chi connectivity index (χ2n) is 4.01. The lowest BCUT2D eigenvalue weighted by Crippen LogP contribution is -2.23. The van der Waals surface area contributed by atoms with Crippen molar-refractivity contribution in [2.45, 2.75) is 19.4 Å². The van der Waals surface area contributed by atoms with Gasteiger partial charge in [0, 0.05) is 32.5 Å². The number of aromatic nitrogens is 2. The van der Waals surface area contributed by atoms with Gasteiger partial charge in [-0.15, -0.1) is 0 Å². The highest BCUT2D eigenvalue weighted by atomic mass is 16.5. The number of nitrogens with zero attached hydrogens (tertiary/aromatic N) is 2. The van der Waals surface area contributed by atoms with Crippen LogP contribution in [0.1, 0.15) is 18.5 Å². The third-order valence-corrected chi connectivity index (χ3v) is 2.81. The second kappa shape index (κ2) is 5.77. The third kappa shape index (κ3) is 3.15. The van der Waals surface area contributed by atoms with Crippen molar-refractivity contribution >= 4 is 5.95 Å². The Balaban J connectivity index is 1.83. The Morgan fingerprint density at radius 1 is 1.44 bits per heavy atom. The van der Waals surface area contributed by atoms with E-state index in [0.29, 0.717) is 18.4 Å². The molecule has 0 unspecified atom stereocenters. The molecule has 1 aromatic heterocycles. The molecule has 1 saturated heterocycles. The van der Waals surface area contributed by atoms with Gasteiger partial charge in [0.1, 0.15) is 0 Å². The Labute approximate surface area is 95.4 Å². The molecule has 1 aromatic rings. The van der Waals surface area contributed by atoms with E-state index in [0.717, 1.165) is 38.3 Å². The van der Waals surface area contributed by atoms with Crippen LogP contribution in [-0.2, 0) is 11.3 Å². The van der Waals surface area contributed by atoms with E-state index in [1.807, 2.05) is 6.07 Å². The Hall–Kier alpha value is -1.20. The Bertz CT molecular complexity index is 326.